The molecule has 0 saturated carbocycles. The highest BCUT2D eigenvalue weighted by Crippen LogP contribution is 2.21. The highest BCUT2D eigenvalue weighted by atomic mass is 32.2. The van der Waals surface area contributed by atoms with E-state index in [1.807, 2.05) is 25.3 Å². The van der Waals surface area contributed by atoms with Crippen LogP contribution >= 0.6 is 11.8 Å². The van der Waals surface area contributed by atoms with Gasteiger partial charge in [-0.1, -0.05) is 29.8 Å². The molecule has 33 heavy (non-hydrogen) atoms. The van der Waals surface area contributed by atoms with Crippen LogP contribution in [0.4, 0.5) is 0 Å². The molecule has 1 heterocycles. The third-order valence-electron chi connectivity index (χ3n) is 5.61. The molecule has 1 aliphatic rings. The van der Waals surface area contributed by atoms with Crippen molar-refractivity contribution < 1.29 is 18.0 Å². The van der Waals surface area contributed by atoms with E-state index in [0.29, 0.717) is 25.1 Å². The van der Waals surface area contributed by atoms with Gasteiger partial charge in [0, 0.05) is 25.2 Å². The van der Waals surface area contributed by atoms with E-state index < -0.39 is 16.1 Å². The second-order valence-electron chi connectivity index (χ2n) is 8.15. The van der Waals surface area contributed by atoms with Gasteiger partial charge < -0.3 is 10.6 Å². The second kappa shape index (κ2) is 11.7. The Kier molecular flexibility index (Phi) is 8.94. The first-order valence-electron chi connectivity index (χ1n) is 11.0. The lowest BCUT2D eigenvalue weighted by atomic mass is 10.1. The third kappa shape index (κ3) is 6.82. The van der Waals surface area contributed by atoms with Gasteiger partial charge in [-0.15, -0.1) is 0 Å². The van der Waals surface area contributed by atoms with E-state index in [-0.39, 0.29) is 23.3 Å². The lowest BCUT2D eigenvalue weighted by Crippen LogP contribution is -2.46. The number of rotatable bonds is 10. The molecule has 0 radical (unpaired) electrons. The molecule has 2 N–H and O–H groups in total. The monoisotopic (exact) mass is 489 g/mol. The maximum absolute atomic E-state index is 12.8. The number of benzene rings is 2. The molecule has 1 atom stereocenters. The molecule has 7 nitrogen and oxygen atoms in total. The van der Waals surface area contributed by atoms with Crippen LogP contribution < -0.4 is 10.6 Å². The van der Waals surface area contributed by atoms with Crippen LogP contribution in [0.2, 0.25) is 0 Å². The number of thioether (sulfide) groups is 1. The lowest BCUT2D eigenvalue weighted by molar-refractivity contribution is -0.123. The molecular weight excluding hydrogens is 458 g/mol. The average Bonchev–Trinajstić information content (AvgIpc) is 3.36. The third-order valence-corrected chi connectivity index (χ3v) is 8.16. The first-order valence-corrected chi connectivity index (χ1v) is 13.9. The fraction of sp³-hybridized carbons (Fsp3) is 0.417. The van der Waals surface area contributed by atoms with E-state index in [4.69, 9.17) is 0 Å². The fourth-order valence-corrected chi connectivity index (χ4v) is 5.69. The Balaban J connectivity index is 1.60. The van der Waals surface area contributed by atoms with Crippen LogP contribution in [0, 0.1) is 6.92 Å². The van der Waals surface area contributed by atoms with E-state index in [1.165, 1.54) is 4.31 Å². The molecule has 2 aromatic rings. The highest BCUT2D eigenvalue weighted by Gasteiger charge is 2.27. The van der Waals surface area contributed by atoms with E-state index in [1.54, 1.807) is 48.2 Å². The lowest BCUT2D eigenvalue weighted by Gasteiger charge is -2.19. The Bertz CT molecular complexity index is 1070. The number of amides is 2. The molecule has 0 aliphatic carbocycles. The van der Waals surface area contributed by atoms with E-state index in [2.05, 4.69) is 10.6 Å². The van der Waals surface area contributed by atoms with Gasteiger partial charge in [-0.2, -0.15) is 16.1 Å². The largest absolute Gasteiger partial charge is 0.350 e. The first-order chi connectivity index (χ1) is 15.8. The summed E-state index contributed by atoms with van der Waals surface area (Å²) < 4.78 is 26.8. The van der Waals surface area contributed by atoms with Crippen molar-refractivity contribution in [3.05, 3.63) is 65.2 Å². The number of nitrogens with one attached hydrogen (secondary N) is 2. The zero-order valence-corrected chi connectivity index (χ0v) is 20.7. The minimum Gasteiger partial charge on any atom is -0.350 e. The van der Waals surface area contributed by atoms with Crippen molar-refractivity contribution in [1.29, 1.82) is 0 Å². The Morgan fingerprint density at radius 3 is 2.42 bits per heavy atom. The van der Waals surface area contributed by atoms with Crippen LogP contribution in [0.1, 0.15) is 40.7 Å². The molecule has 3 rings (SSSR count). The minimum absolute atomic E-state index is 0.249. The molecule has 1 saturated heterocycles. The SMILES string of the molecule is CSCCC(NC(=O)c1cccc(C)c1)C(=O)NCc1ccc(S(=O)(=O)N2CCCC2)cc1. The van der Waals surface area contributed by atoms with Gasteiger partial charge in [0.2, 0.25) is 15.9 Å². The Morgan fingerprint density at radius 2 is 1.79 bits per heavy atom. The second-order valence-corrected chi connectivity index (χ2v) is 11.1. The van der Waals surface area contributed by atoms with Crippen LogP contribution in [0.5, 0.6) is 0 Å². The first kappa shape index (κ1) is 25.3. The van der Waals surface area contributed by atoms with Crippen LogP contribution in [0.25, 0.3) is 0 Å². The molecule has 178 valence electrons. The van der Waals surface area contributed by atoms with Crippen molar-refractivity contribution in [2.75, 3.05) is 25.1 Å². The predicted octanol–water partition coefficient (Wildman–Crippen LogP) is 2.95. The number of carbonyl (C=O) groups excluding carboxylic acids is 2. The van der Waals surface area contributed by atoms with Gasteiger partial charge >= 0.3 is 0 Å². The molecule has 2 aromatic carbocycles. The van der Waals surface area contributed by atoms with Crippen LogP contribution in [-0.2, 0) is 21.4 Å². The number of sulfonamides is 1. The minimum atomic E-state index is -3.46. The molecule has 9 heteroatoms. The van der Waals surface area contributed by atoms with Crippen LogP contribution in [0.15, 0.2) is 53.4 Å². The maximum atomic E-state index is 12.8. The zero-order chi connectivity index (χ0) is 23.8. The Labute approximate surface area is 200 Å². The smallest absolute Gasteiger partial charge is 0.251 e. The number of hydrogen-bond donors (Lipinski definition) is 2. The van der Waals surface area contributed by atoms with Crippen molar-refractivity contribution in [2.24, 2.45) is 0 Å². The number of nitrogens with zero attached hydrogens (tertiary/aromatic N) is 1. The van der Waals surface area contributed by atoms with Gasteiger partial charge in [-0.3, -0.25) is 9.59 Å². The van der Waals surface area contributed by atoms with Crippen molar-refractivity contribution in [3.8, 4) is 0 Å². The highest BCUT2D eigenvalue weighted by molar-refractivity contribution is 7.98. The summed E-state index contributed by atoms with van der Waals surface area (Å²) in [6, 6.07) is 13.2. The summed E-state index contributed by atoms with van der Waals surface area (Å²) in [6.45, 7) is 3.28. The van der Waals surface area contributed by atoms with Gasteiger partial charge in [0.1, 0.15) is 6.04 Å². The summed E-state index contributed by atoms with van der Waals surface area (Å²) in [7, 11) is -3.46. The van der Waals surface area contributed by atoms with Crippen molar-refractivity contribution in [2.45, 2.75) is 43.7 Å². The molecule has 1 unspecified atom stereocenters. The summed E-state index contributed by atoms with van der Waals surface area (Å²) in [5.41, 5.74) is 2.28. The van der Waals surface area contributed by atoms with Gasteiger partial charge in [0.05, 0.1) is 4.90 Å². The molecule has 0 bridgehead atoms. The van der Waals surface area contributed by atoms with Crippen molar-refractivity contribution in [1.82, 2.24) is 14.9 Å². The molecule has 1 aliphatic heterocycles. The van der Waals surface area contributed by atoms with Crippen LogP contribution in [0.3, 0.4) is 0 Å². The zero-order valence-electron chi connectivity index (χ0n) is 19.0. The van der Waals surface area contributed by atoms with Crippen molar-refractivity contribution >= 4 is 33.6 Å². The Hall–Kier alpha value is -2.36. The van der Waals surface area contributed by atoms with Gasteiger partial charge in [0.25, 0.3) is 5.91 Å². The summed E-state index contributed by atoms with van der Waals surface area (Å²) >= 11 is 1.61. The summed E-state index contributed by atoms with van der Waals surface area (Å²) in [5.74, 6) is 0.185. The summed E-state index contributed by atoms with van der Waals surface area (Å²) in [5, 5.41) is 5.71. The van der Waals surface area contributed by atoms with E-state index >= 15 is 0 Å². The fourth-order valence-electron chi connectivity index (χ4n) is 3.70. The van der Waals surface area contributed by atoms with Crippen molar-refractivity contribution in [3.63, 3.8) is 0 Å². The van der Waals surface area contributed by atoms with Gasteiger partial charge in [-0.05, 0) is 68.0 Å². The molecule has 2 amide bonds. The van der Waals surface area contributed by atoms with E-state index in [9.17, 15) is 18.0 Å². The number of hydrogen-bond acceptors (Lipinski definition) is 5. The average molecular weight is 490 g/mol. The topological polar surface area (TPSA) is 95.6 Å². The molecule has 0 aromatic heterocycles. The van der Waals surface area contributed by atoms with Gasteiger partial charge in [-0.25, -0.2) is 8.42 Å². The predicted molar refractivity (Wildman–Crippen MR) is 132 cm³/mol. The van der Waals surface area contributed by atoms with E-state index in [0.717, 1.165) is 29.7 Å². The van der Waals surface area contributed by atoms with Crippen LogP contribution in [-0.4, -0.2) is 55.7 Å². The Morgan fingerprint density at radius 1 is 1.09 bits per heavy atom. The maximum Gasteiger partial charge on any atom is 0.251 e. The molecule has 1 fully saturated rings. The quantitative estimate of drug-likeness (QED) is 0.535. The standard InChI is InChI=1S/C24H31N3O4S2/c1-18-6-5-7-20(16-18)23(28)26-22(12-15-32-2)24(29)25-17-19-8-10-21(11-9-19)33(30,31)27-13-3-4-14-27/h5-11,16,22H,3-4,12-15,17H2,1-2H3,(H,25,29)(H,26,28). The van der Waals surface area contributed by atoms with Gasteiger partial charge in [0.15, 0.2) is 0 Å². The molecule has 0 spiro atoms. The molecular formula is C24H31N3O4S2. The summed E-state index contributed by atoms with van der Waals surface area (Å²) in [6.07, 6.45) is 4.25. The number of carbonyl (C=O) groups is 2. The normalized spacial score (nSPS) is 15.2. The number of aryl methyl sites for hydroxylation is 1. The summed E-state index contributed by atoms with van der Waals surface area (Å²) in [4.78, 5) is 25.7.